The Balaban J connectivity index is 1.12. The number of ether oxygens (including phenoxy) is 2. The molecule has 2 fully saturated rings. The number of carbonyl (C=O) groups excluding carboxylic acids is 3. The van der Waals surface area contributed by atoms with Crippen LogP contribution in [0.5, 0.6) is 0 Å². The highest BCUT2D eigenvalue weighted by atomic mass is 16.5. The molecule has 10 nitrogen and oxygen atoms in total. The summed E-state index contributed by atoms with van der Waals surface area (Å²) < 4.78 is 13.9. The minimum atomic E-state index is -0.385. The fourth-order valence-electron chi connectivity index (χ4n) is 7.17. The molecule has 3 aromatic carbocycles. The fourth-order valence-corrected chi connectivity index (χ4v) is 7.17. The van der Waals surface area contributed by atoms with Gasteiger partial charge in [-0.1, -0.05) is 117 Å². The highest BCUT2D eigenvalue weighted by molar-refractivity contribution is 5.98. The maximum atomic E-state index is 13.9. The Kier molecular flexibility index (Phi) is 13.6. The molecule has 0 spiro atoms. The first-order chi connectivity index (χ1) is 25.5. The Labute approximate surface area is 306 Å². The molecule has 0 aliphatic heterocycles. The molecule has 274 valence electrons. The van der Waals surface area contributed by atoms with Crippen molar-refractivity contribution in [1.82, 2.24) is 25.7 Å². The lowest BCUT2D eigenvalue weighted by Gasteiger charge is -2.32. The number of aryl methyl sites for hydroxylation is 1. The van der Waals surface area contributed by atoms with Crippen LogP contribution in [-0.4, -0.2) is 58.3 Å². The van der Waals surface area contributed by atoms with E-state index in [1.807, 2.05) is 78.9 Å². The predicted octanol–water partition coefficient (Wildman–Crippen LogP) is 6.15. The second-order valence-corrected chi connectivity index (χ2v) is 13.9. The summed E-state index contributed by atoms with van der Waals surface area (Å²) in [5, 5.41) is 13.8. The summed E-state index contributed by atoms with van der Waals surface area (Å²) in [5.74, 6) is -1.05. The van der Waals surface area contributed by atoms with Crippen molar-refractivity contribution in [3.8, 4) is 0 Å². The summed E-state index contributed by atoms with van der Waals surface area (Å²) in [6.45, 7) is 1.19. The zero-order chi connectivity index (χ0) is 36.0. The van der Waals surface area contributed by atoms with Crippen molar-refractivity contribution in [3.05, 3.63) is 125 Å². The van der Waals surface area contributed by atoms with Gasteiger partial charge >= 0.3 is 0 Å². The zero-order valence-corrected chi connectivity index (χ0v) is 29.9. The standard InChI is InChI=1S/C42H51N5O5/c48-40(44-34-22-10-12-24-38(34)51-29-32-17-6-2-7-18-32)28-47-37(27-36(46-47)41(49)43-26-14-21-31-15-4-1-5-16-31)42(50)45-35-23-11-13-25-39(35)52-30-33-19-8-3-9-20-33/h1-9,15-20,27,34-35,38-39H,10-14,21-26,28-30H2,(H,43,49)(H,44,48)(H,45,50)/t34-,35-,38-,39-/m0/s1. The molecule has 2 aliphatic rings. The van der Waals surface area contributed by atoms with E-state index in [1.54, 1.807) is 0 Å². The molecule has 3 N–H and O–H groups in total. The second kappa shape index (κ2) is 19.2. The van der Waals surface area contributed by atoms with Crippen LogP contribution in [0.15, 0.2) is 97.1 Å². The van der Waals surface area contributed by atoms with Crippen molar-refractivity contribution < 1.29 is 23.9 Å². The highest BCUT2D eigenvalue weighted by Crippen LogP contribution is 2.24. The Morgan fingerprint density at radius 1 is 0.654 bits per heavy atom. The first-order valence-electron chi connectivity index (χ1n) is 18.8. The van der Waals surface area contributed by atoms with E-state index in [2.05, 4.69) is 33.2 Å². The molecular formula is C42H51N5O5. The minimum absolute atomic E-state index is 0.0971. The van der Waals surface area contributed by atoms with Gasteiger partial charge in [0.1, 0.15) is 12.2 Å². The third-order valence-corrected chi connectivity index (χ3v) is 9.99. The van der Waals surface area contributed by atoms with Gasteiger partial charge in [0.05, 0.1) is 37.5 Å². The fraction of sp³-hybridized carbons (Fsp3) is 0.429. The number of nitrogens with zero attached hydrogens (tertiary/aromatic N) is 2. The summed E-state index contributed by atoms with van der Waals surface area (Å²) >= 11 is 0. The van der Waals surface area contributed by atoms with Crippen molar-refractivity contribution in [2.24, 2.45) is 0 Å². The molecule has 0 radical (unpaired) electrons. The zero-order valence-electron chi connectivity index (χ0n) is 29.9. The lowest BCUT2D eigenvalue weighted by Crippen LogP contribution is -2.48. The van der Waals surface area contributed by atoms with Crippen LogP contribution in [0.4, 0.5) is 0 Å². The third-order valence-electron chi connectivity index (χ3n) is 9.99. The van der Waals surface area contributed by atoms with Gasteiger partial charge < -0.3 is 25.4 Å². The number of hydrogen-bond acceptors (Lipinski definition) is 6. The molecule has 10 heteroatoms. The van der Waals surface area contributed by atoms with Gasteiger partial charge in [0.2, 0.25) is 5.91 Å². The number of hydrogen-bond donors (Lipinski definition) is 3. The SMILES string of the molecule is O=C(Cn1nc(C(=O)NCCCc2ccccc2)cc1C(=O)N[C@H]1CCCC[C@@H]1OCc1ccccc1)N[C@H]1CCCC[C@@H]1OCc1ccccc1. The van der Waals surface area contributed by atoms with Crippen LogP contribution in [-0.2, 0) is 40.4 Å². The summed E-state index contributed by atoms with van der Waals surface area (Å²) in [6, 6.07) is 31.3. The Bertz CT molecular complexity index is 1710. The highest BCUT2D eigenvalue weighted by Gasteiger charge is 2.31. The molecule has 4 aromatic rings. The number of nitrogens with one attached hydrogen (secondary N) is 3. The number of benzene rings is 3. The lowest BCUT2D eigenvalue weighted by molar-refractivity contribution is -0.124. The number of carbonyl (C=O) groups is 3. The number of amides is 3. The van der Waals surface area contributed by atoms with Gasteiger partial charge in [-0.15, -0.1) is 0 Å². The molecule has 1 aromatic heterocycles. The van der Waals surface area contributed by atoms with Gasteiger partial charge in [0.25, 0.3) is 11.8 Å². The van der Waals surface area contributed by atoms with Gasteiger partial charge in [-0.25, -0.2) is 4.68 Å². The van der Waals surface area contributed by atoms with Crippen LogP contribution < -0.4 is 16.0 Å². The van der Waals surface area contributed by atoms with E-state index >= 15 is 0 Å². The van der Waals surface area contributed by atoms with Gasteiger partial charge in [-0.2, -0.15) is 5.10 Å². The van der Waals surface area contributed by atoms with E-state index in [0.29, 0.717) is 19.8 Å². The molecule has 0 unspecified atom stereocenters. The van der Waals surface area contributed by atoms with Gasteiger partial charge in [-0.3, -0.25) is 14.4 Å². The molecule has 6 rings (SSSR count). The third kappa shape index (κ3) is 10.9. The van der Waals surface area contributed by atoms with E-state index < -0.39 is 0 Å². The maximum Gasteiger partial charge on any atom is 0.271 e. The second-order valence-electron chi connectivity index (χ2n) is 13.9. The summed E-state index contributed by atoms with van der Waals surface area (Å²) in [4.78, 5) is 40.8. The van der Waals surface area contributed by atoms with E-state index in [9.17, 15) is 14.4 Å². The Morgan fingerprint density at radius 2 is 1.17 bits per heavy atom. The smallest absolute Gasteiger partial charge is 0.271 e. The summed E-state index contributed by atoms with van der Waals surface area (Å²) in [5.41, 5.74) is 3.62. The maximum absolute atomic E-state index is 13.9. The molecule has 2 aliphatic carbocycles. The normalized spacial score (nSPS) is 20.2. The van der Waals surface area contributed by atoms with Crippen LogP contribution in [0.2, 0.25) is 0 Å². The average molecular weight is 706 g/mol. The molecule has 0 bridgehead atoms. The van der Waals surface area contributed by atoms with Crippen molar-refractivity contribution in [2.45, 2.75) is 108 Å². The van der Waals surface area contributed by atoms with Crippen LogP contribution in [0.3, 0.4) is 0 Å². The molecule has 3 amide bonds. The molecular weight excluding hydrogens is 654 g/mol. The molecule has 52 heavy (non-hydrogen) atoms. The van der Waals surface area contributed by atoms with E-state index in [0.717, 1.165) is 75.3 Å². The molecule has 4 atom stereocenters. The minimum Gasteiger partial charge on any atom is -0.371 e. The van der Waals surface area contributed by atoms with E-state index in [1.165, 1.54) is 16.3 Å². The van der Waals surface area contributed by atoms with Crippen LogP contribution >= 0.6 is 0 Å². The monoisotopic (exact) mass is 705 g/mol. The van der Waals surface area contributed by atoms with Crippen molar-refractivity contribution in [2.75, 3.05) is 6.54 Å². The van der Waals surface area contributed by atoms with Crippen LogP contribution in [0.25, 0.3) is 0 Å². The largest absolute Gasteiger partial charge is 0.371 e. The topological polar surface area (TPSA) is 124 Å². The van der Waals surface area contributed by atoms with Crippen LogP contribution in [0.1, 0.15) is 95.5 Å². The quantitative estimate of drug-likeness (QED) is 0.120. The molecule has 1 heterocycles. The Hall–Kier alpha value is -4.80. The van der Waals surface area contributed by atoms with Gasteiger partial charge in [0, 0.05) is 12.6 Å². The first kappa shape index (κ1) is 37.0. The molecule has 2 saturated carbocycles. The van der Waals surface area contributed by atoms with Gasteiger partial charge in [-0.05, 0) is 55.2 Å². The Morgan fingerprint density at radius 3 is 1.75 bits per heavy atom. The van der Waals surface area contributed by atoms with E-state index in [-0.39, 0.29) is 59.9 Å². The van der Waals surface area contributed by atoms with E-state index in [4.69, 9.17) is 9.47 Å². The summed E-state index contributed by atoms with van der Waals surface area (Å²) in [7, 11) is 0. The first-order valence-corrected chi connectivity index (χ1v) is 18.8. The van der Waals surface area contributed by atoms with Crippen molar-refractivity contribution >= 4 is 17.7 Å². The number of rotatable bonds is 16. The van der Waals surface area contributed by atoms with Crippen LogP contribution in [0, 0.1) is 0 Å². The summed E-state index contributed by atoms with van der Waals surface area (Å²) in [6.07, 6.45) is 8.63. The number of aromatic nitrogens is 2. The van der Waals surface area contributed by atoms with Crippen molar-refractivity contribution in [3.63, 3.8) is 0 Å². The van der Waals surface area contributed by atoms with Crippen molar-refractivity contribution in [1.29, 1.82) is 0 Å². The average Bonchev–Trinajstić information content (AvgIpc) is 3.61. The van der Waals surface area contributed by atoms with Gasteiger partial charge in [0.15, 0.2) is 5.69 Å². The molecule has 0 saturated heterocycles. The lowest BCUT2D eigenvalue weighted by atomic mass is 9.92. The predicted molar refractivity (Wildman–Crippen MR) is 199 cm³/mol.